The molecular weight excluding hydrogens is 502 g/mol. The lowest BCUT2D eigenvalue weighted by Crippen LogP contribution is -2.18. The molecule has 7 heteroatoms. The van der Waals surface area contributed by atoms with Crippen molar-refractivity contribution in [2.75, 3.05) is 6.61 Å². The predicted molar refractivity (Wildman–Crippen MR) is 136 cm³/mol. The first kappa shape index (κ1) is 22.5. The third-order valence-corrected chi connectivity index (χ3v) is 5.60. The Morgan fingerprint density at radius 2 is 1.91 bits per heavy atom. The number of aromatic nitrogens is 1. The lowest BCUT2D eigenvalue weighted by Gasteiger charge is -2.09. The smallest absolute Gasteiger partial charge is 0.272 e. The monoisotopic (exact) mass is 517 g/mol. The van der Waals surface area contributed by atoms with Gasteiger partial charge >= 0.3 is 0 Å². The van der Waals surface area contributed by atoms with Crippen molar-refractivity contribution in [2.45, 2.75) is 0 Å². The summed E-state index contributed by atoms with van der Waals surface area (Å²) >= 11 is 9.68. The first-order chi connectivity index (χ1) is 16.1. The number of hydrogen-bond acceptors (Lipinski definition) is 4. The van der Waals surface area contributed by atoms with E-state index in [4.69, 9.17) is 27.7 Å². The molecule has 0 radical (unpaired) electrons. The average Bonchev–Trinajstić information content (AvgIpc) is 2.83. The molecule has 0 aliphatic carbocycles. The number of hydrazone groups is 1. The summed E-state index contributed by atoms with van der Waals surface area (Å²) in [5.41, 5.74) is 6.11. The number of para-hydroxylation sites is 1. The van der Waals surface area contributed by atoms with Crippen molar-refractivity contribution in [3.8, 4) is 29.4 Å². The molecule has 1 N–H and O–H groups in total. The fraction of sp³-hybridized carbons (Fsp3) is 0.0385. The van der Waals surface area contributed by atoms with E-state index in [-0.39, 0.29) is 12.5 Å². The lowest BCUT2D eigenvalue weighted by atomic mass is 10.0. The molecule has 162 valence electrons. The highest BCUT2D eigenvalue weighted by Crippen LogP contribution is 2.34. The van der Waals surface area contributed by atoms with E-state index < -0.39 is 0 Å². The molecule has 1 amide bonds. The van der Waals surface area contributed by atoms with E-state index in [1.54, 1.807) is 18.2 Å². The van der Waals surface area contributed by atoms with E-state index in [0.717, 1.165) is 16.5 Å². The van der Waals surface area contributed by atoms with Crippen molar-refractivity contribution in [1.82, 2.24) is 10.4 Å². The van der Waals surface area contributed by atoms with E-state index >= 15 is 0 Å². The summed E-state index contributed by atoms with van der Waals surface area (Å²) in [7, 11) is 0. The summed E-state index contributed by atoms with van der Waals surface area (Å²) in [4.78, 5) is 17.7. The Morgan fingerprint density at radius 1 is 1.15 bits per heavy atom. The number of hydrogen-bond donors (Lipinski definition) is 1. The number of nitrogens with one attached hydrogen (secondary N) is 1. The fourth-order valence-corrected chi connectivity index (χ4v) is 4.24. The molecule has 0 aliphatic rings. The largest absolute Gasteiger partial charge is 0.478 e. The molecular formula is C26H17BrClN3O2. The Bertz CT molecular complexity index is 1380. The van der Waals surface area contributed by atoms with Crippen molar-refractivity contribution >= 4 is 50.6 Å². The van der Waals surface area contributed by atoms with Crippen molar-refractivity contribution in [2.24, 2.45) is 5.10 Å². The number of halogens is 2. The quantitative estimate of drug-likeness (QED) is 0.191. The average molecular weight is 519 g/mol. The summed E-state index contributed by atoms with van der Waals surface area (Å²) in [5.74, 6) is 2.50. The van der Waals surface area contributed by atoms with Gasteiger partial charge in [0.05, 0.1) is 32.5 Å². The van der Waals surface area contributed by atoms with Crippen molar-refractivity contribution in [1.29, 1.82) is 0 Å². The van der Waals surface area contributed by atoms with Crippen LogP contribution in [0.1, 0.15) is 15.9 Å². The van der Waals surface area contributed by atoms with Gasteiger partial charge in [0.1, 0.15) is 6.61 Å². The number of carbonyl (C=O) groups excluding carboxylic acids is 1. The summed E-state index contributed by atoms with van der Waals surface area (Å²) in [5, 5.41) is 5.22. The van der Waals surface area contributed by atoms with Crippen LogP contribution in [0.15, 0.2) is 82.4 Å². The molecule has 0 saturated heterocycles. The molecule has 3 aromatic carbocycles. The Balaban J connectivity index is 1.60. The molecule has 4 rings (SSSR count). The topological polar surface area (TPSA) is 63.6 Å². The molecule has 1 heterocycles. The van der Waals surface area contributed by atoms with Crippen LogP contribution in [0.25, 0.3) is 22.2 Å². The van der Waals surface area contributed by atoms with E-state index in [1.807, 2.05) is 54.6 Å². The Hall–Kier alpha value is -3.66. The summed E-state index contributed by atoms with van der Waals surface area (Å²) in [6, 6.07) is 22.4. The number of benzene rings is 3. The van der Waals surface area contributed by atoms with Crippen LogP contribution >= 0.6 is 27.5 Å². The Kier molecular flexibility index (Phi) is 7.04. The highest BCUT2D eigenvalue weighted by atomic mass is 79.9. The van der Waals surface area contributed by atoms with Gasteiger partial charge in [-0.05, 0) is 45.8 Å². The number of rotatable bonds is 6. The van der Waals surface area contributed by atoms with Crippen LogP contribution in [-0.2, 0) is 0 Å². The van der Waals surface area contributed by atoms with Crippen LogP contribution in [-0.4, -0.2) is 23.7 Å². The van der Waals surface area contributed by atoms with Gasteiger partial charge < -0.3 is 4.74 Å². The summed E-state index contributed by atoms with van der Waals surface area (Å²) < 4.78 is 6.06. The zero-order chi connectivity index (χ0) is 23.2. The van der Waals surface area contributed by atoms with E-state index in [0.29, 0.717) is 32.1 Å². The van der Waals surface area contributed by atoms with Crippen LogP contribution < -0.4 is 10.2 Å². The first-order valence-electron chi connectivity index (χ1n) is 9.90. The maximum absolute atomic E-state index is 13.0. The number of fused-ring (bicyclic) bond motifs is 1. The van der Waals surface area contributed by atoms with Crippen LogP contribution in [0.5, 0.6) is 5.75 Å². The third-order valence-electron chi connectivity index (χ3n) is 4.73. The summed E-state index contributed by atoms with van der Waals surface area (Å²) in [6.07, 6.45) is 6.73. The van der Waals surface area contributed by atoms with Gasteiger partial charge in [-0.15, -0.1) is 6.42 Å². The molecule has 0 saturated carbocycles. The van der Waals surface area contributed by atoms with Crippen LogP contribution in [0, 0.1) is 12.3 Å². The van der Waals surface area contributed by atoms with Crippen molar-refractivity contribution < 1.29 is 9.53 Å². The third kappa shape index (κ3) is 5.23. The molecule has 5 nitrogen and oxygen atoms in total. The minimum Gasteiger partial charge on any atom is -0.478 e. The maximum atomic E-state index is 13.0. The number of ether oxygens (including phenoxy) is 1. The van der Waals surface area contributed by atoms with Crippen LogP contribution in [0.2, 0.25) is 5.02 Å². The SMILES string of the molecule is C#CCOc1c(Cl)cc(/C=N/NC(=O)c2cc(-c3ccccc3)nc3ccccc23)cc1Br. The second-order valence-electron chi connectivity index (χ2n) is 6.94. The van der Waals surface area contributed by atoms with E-state index in [1.165, 1.54) is 6.21 Å². The molecule has 0 unspecified atom stereocenters. The zero-order valence-corrected chi connectivity index (χ0v) is 19.6. The van der Waals surface area contributed by atoms with Gasteiger partial charge in [0.15, 0.2) is 5.75 Å². The van der Waals surface area contributed by atoms with Gasteiger partial charge in [-0.1, -0.05) is 66.1 Å². The fourth-order valence-electron chi connectivity index (χ4n) is 3.25. The molecule has 0 spiro atoms. The molecule has 33 heavy (non-hydrogen) atoms. The Morgan fingerprint density at radius 3 is 2.67 bits per heavy atom. The van der Waals surface area contributed by atoms with Gasteiger partial charge in [-0.25, -0.2) is 10.4 Å². The highest BCUT2D eigenvalue weighted by Gasteiger charge is 2.14. The van der Waals surface area contributed by atoms with E-state index in [9.17, 15) is 4.79 Å². The number of nitrogens with zero attached hydrogens (tertiary/aromatic N) is 2. The second kappa shape index (κ2) is 10.3. The lowest BCUT2D eigenvalue weighted by molar-refractivity contribution is 0.0956. The number of amides is 1. The van der Waals surface area contributed by atoms with Crippen LogP contribution in [0.4, 0.5) is 0 Å². The number of carbonyl (C=O) groups is 1. The van der Waals surface area contributed by atoms with Crippen molar-refractivity contribution in [3.05, 3.63) is 93.4 Å². The van der Waals surface area contributed by atoms with Gasteiger partial charge in [0, 0.05) is 10.9 Å². The molecule has 0 bridgehead atoms. The van der Waals surface area contributed by atoms with Gasteiger partial charge in [-0.3, -0.25) is 4.79 Å². The molecule has 0 aliphatic heterocycles. The van der Waals surface area contributed by atoms with Crippen molar-refractivity contribution in [3.63, 3.8) is 0 Å². The molecule has 0 fully saturated rings. The van der Waals surface area contributed by atoms with Gasteiger partial charge in [0.25, 0.3) is 5.91 Å². The van der Waals surface area contributed by atoms with Gasteiger partial charge in [-0.2, -0.15) is 5.10 Å². The first-order valence-corrected chi connectivity index (χ1v) is 11.1. The molecule has 4 aromatic rings. The standard InChI is InChI=1S/C26H17BrClN3O2/c1-2-12-33-25-21(27)13-17(14-22(25)28)16-29-31-26(32)20-15-24(18-8-4-3-5-9-18)30-23-11-7-6-10-19(20)23/h1,3-11,13-16H,12H2,(H,31,32)/b29-16+. The number of terminal acetylenes is 1. The zero-order valence-electron chi connectivity index (χ0n) is 17.3. The second-order valence-corrected chi connectivity index (χ2v) is 8.21. The highest BCUT2D eigenvalue weighted by molar-refractivity contribution is 9.10. The summed E-state index contributed by atoms with van der Waals surface area (Å²) in [6.45, 7) is 0.104. The molecule has 0 atom stereocenters. The molecule has 1 aromatic heterocycles. The van der Waals surface area contributed by atoms with Gasteiger partial charge in [0.2, 0.25) is 0 Å². The maximum Gasteiger partial charge on any atom is 0.272 e. The minimum atomic E-state index is -0.346. The van der Waals surface area contributed by atoms with E-state index in [2.05, 4.69) is 32.4 Å². The number of pyridine rings is 1. The van der Waals surface area contributed by atoms with Crippen LogP contribution in [0.3, 0.4) is 0 Å². The predicted octanol–water partition coefficient (Wildman–Crippen LogP) is 6.09. The Labute approximate surface area is 204 Å². The normalized spacial score (nSPS) is 10.8. The minimum absolute atomic E-state index is 0.104.